The maximum atomic E-state index is 10.6. The molecule has 1 N–H and O–H groups in total. The highest BCUT2D eigenvalue weighted by Gasteiger charge is 2.18. The minimum absolute atomic E-state index is 0.149. The summed E-state index contributed by atoms with van der Waals surface area (Å²) in [5.41, 5.74) is 2.25. The summed E-state index contributed by atoms with van der Waals surface area (Å²) in [6, 6.07) is 4.13. The average Bonchev–Trinajstić information content (AvgIpc) is 2.34. The molecule has 0 aromatic carbocycles. The number of pyridine rings is 1. The van der Waals surface area contributed by atoms with Gasteiger partial charge in [0.15, 0.2) is 0 Å². The first-order valence-corrected chi connectivity index (χ1v) is 6.21. The molecule has 1 aliphatic heterocycles. The van der Waals surface area contributed by atoms with E-state index < -0.39 is 5.97 Å². The minimum Gasteiger partial charge on any atom is -0.480 e. The second kappa shape index (κ2) is 5.93. The summed E-state index contributed by atoms with van der Waals surface area (Å²) >= 11 is 0. The van der Waals surface area contributed by atoms with Crippen molar-refractivity contribution in [2.24, 2.45) is 0 Å². The van der Waals surface area contributed by atoms with Crippen LogP contribution >= 0.6 is 0 Å². The van der Waals surface area contributed by atoms with Crippen LogP contribution in [0.5, 0.6) is 0 Å². The second-order valence-corrected chi connectivity index (χ2v) is 4.77. The van der Waals surface area contributed by atoms with Crippen LogP contribution in [0.3, 0.4) is 0 Å². The zero-order chi connectivity index (χ0) is 13.0. The van der Waals surface area contributed by atoms with Gasteiger partial charge in [-0.05, 0) is 18.6 Å². The molecule has 5 nitrogen and oxygen atoms in total. The highest BCUT2D eigenvalue weighted by Crippen LogP contribution is 2.07. The van der Waals surface area contributed by atoms with Crippen molar-refractivity contribution < 1.29 is 9.90 Å². The highest BCUT2D eigenvalue weighted by molar-refractivity contribution is 5.69. The summed E-state index contributed by atoms with van der Waals surface area (Å²) in [5.74, 6) is -0.747. The van der Waals surface area contributed by atoms with E-state index in [-0.39, 0.29) is 6.54 Å². The Morgan fingerprint density at radius 3 is 2.50 bits per heavy atom. The van der Waals surface area contributed by atoms with E-state index in [1.165, 1.54) is 5.56 Å². The standard InChI is InChI=1S/C13H19N3O2/c1-11-2-3-12(14-8-11)9-15-4-6-16(7-5-15)10-13(17)18/h2-3,8H,4-7,9-10H2,1H3,(H,17,18). The molecule has 0 unspecified atom stereocenters. The number of rotatable bonds is 4. The third-order valence-electron chi connectivity index (χ3n) is 3.18. The number of carboxylic acids is 1. The molecule has 2 heterocycles. The Morgan fingerprint density at radius 2 is 1.94 bits per heavy atom. The van der Waals surface area contributed by atoms with Crippen LogP contribution in [0.2, 0.25) is 0 Å². The lowest BCUT2D eigenvalue weighted by Gasteiger charge is -2.33. The number of piperazine rings is 1. The van der Waals surface area contributed by atoms with Crippen LogP contribution in [0.1, 0.15) is 11.3 Å². The summed E-state index contributed by atoms with van der Waals surface area (Å²) in [6.07, 6.45) is 1.88. The molecule has 18 heavy (non-hydrogen) atoms. The molecule has 98 valence electrons. The first-order chi connectivity index (χ1) is 8.63. The molecule has 2 rings (SSSR count). The van der Waals surface area contributed by atoms with Crippen molar-refractivity contribution in [2.45, 2.75) is 13.5 Å². The number of carboxylic acid groups (broad SMARTS) is 1. The SMILES string of the molecule is Cc1ccc(CN2CCN(CC(=O)O)CC2)nc1. The quantitative estimate of drug-likeness (QED) is 0.846. The van der Waals surface area contributed by atoms with E-state index in [4.69, 9.17) is 5.11 Å². The van der Waals surface area contributed by atoms with Gasteiger partial charge in [-0.3, -0.25) is 19.6 Å². The van der Waals surface area contributed by atoms with Gasteiger partial charge in [0.25, 0.3) is 0 Å². The van der Waals surface area contributed by atoms with Crippen LogP contribution in [-0.2, 0) is 11.3 Å². The van der Waals surface area contributed by atoms with Crippen LogP contribution in [0.4, 0.5) is 0 Å². The van der Waals surface area contributed by atoms with Gasteiger partial charge < -0.3 is 5.11 Å². The van der Waals surface area contributed by atoms with Gasteiger partial charge in [0, 0.05) is 38.9 Å². The number of aromatic nitrogens is 1. The molecule has 0 aliphatic carbocycles. The van der Waals surface area contributed by atoms with Gasteiger partial charge in [-0.1, -0.05) is 6.07 Å². The second-order valence-electron chi connectivity index (χ2n) is 4.77. The summed E-state index contributed by atoms with van der Waals surface area (Å²) in [5, 5.41) is 8.73. The number of aryl methyl sites for hydroxylation is 1. The molecule has 1 fully saturated rings. The van der Waals surface area contributed by atoms with Crippen molar-refractivity contribution in [1.29, 1.82) is 0 Å². The monoisotopic (exact) mass is 249 g/mol. The number of hydrogen-bond acceptors (Lipinski definition) is 4. The van der Waals surface area contributed by atoms with E-state index >= 15 is 0 Å². The third-order valence-corrected chi connectivity index (χ3v) is 3.18. The molecule has 1 aliphatic rings. The van der Waals surface area contributed by atoms with Crippen LogP contribution < -0.4 is 0 Å². The fourth-order valence-electron chi connectivity index (χ4n) is 2.12. The normalized spacial score (nSPS) is 17.8. The zero-order valence-corrected chi connectivity index (χ0v) is 10.7. The van der Waals surface area contributed by atoms with Gasteiger partial charge in [0.05, 0.1) is 12.2 Å². The van der Waals surface area contributed by atoms with Gasteiger partial charge in [-0.2, -0.15) is 0 Å². The topological polar surface area (TPSA) is 56.7 Å². The van der Waals surface area contributed by atoms with Gasteiger partial charge in [0.2, 0.25) is 0 Å². The summed E-state index contributed by atoms with van der Waals surface area (Å²) in [7, 11) is 0. The Morgan fingerprint density at radius 1 is 1.28 bits per heavy atom. The van der Waals surface area contributed by atoms with Crippen LogP contribution in [0.25, 0.3) is 0 Å². The fraction of sp³-hybridized carbons (Fsp3) is 0.538. The molecule has 0 atom stereocenters. The Kier molecular flexibility index (Phi) is 4.28. The van der Waals surface area contributed by atoms with Crippen LogP contribution in [0, 0.1) is 6.92 Å². The van der Waals surface area contributed by atoms with Crippen molar-refractivity contribution in [3.8, 4) is 0 Å². The number of aliphatic carboxylic acids is 1. The lowest BCUT2D eigenvalue weighted by Crippen LogP contribution is -2.47. The molecule has 0 radical (unpaired) electrons. The van der Waals surface area contributed by atoms with Crippen molar-refractivity contribution in [3.05, 3.63) is 29.6 Å². The maximum absolute atomic E-state index is 10.6. The predicted molar refractivity (Wildman–Crippen MR) is 68.3 cm³/mol. The van der Waals surface area contributed by atoms with Gasteiger partial charge in [-0.25, -0.2) is 0 Å². The van der Waals surface area contributed by atoms with Crippen molar-refractivity contribution in [2.75, 3.05) is 32.7 Å². The Bertz CT molecular complexity index is 397. The summed E-state index contributed by atoms with van der Waals surface area (Å²) in [4.78, 5) is 19.3. The predicted octanol–water partition coefficient (Wildman–Crippen LogP) is 0.592. The number of hydrogen-bond donors (Lipinski definition) is 1. The first kappa shape index (κ1) is 13.0. The minimum atomic E-state index is -0.747. The smallest absolute Gasteiger partial charge is 0.317 e. The van der Waals surface area contributed by atoms with Gasteiger partial charge in [0.1, 0.15) is 0 Å². The van der Waals surface area contributed by atoms with E-state index in [0.29, 0.717) is 0 Å². The molecule has 1 saturated heterocycles. The molecule has 0 amide bonds. The lowest BCUT2D eigenvalue weighted by molar-refractivity contribution is -0.138. The molecular formula is C13H19N3O2. The molecule has 1 aromatic rings. The van der Waals surface area contributed by atoms with Crippen molar-refractivity contribution in [1.82, 2.24) is 14.8 Å². The van der Waals surface area contributed by atoms with E-state index in [1.807, 2.05) is 18.0 Å². The lowest BCUT2D eigenvalue weighted by atomic mass is 10.2. The molecule has 5 heteroatoms. The Hall–Kier alpha value is -1.46. The summed E-state index contributed by atoms with van der Waals surface area (Å²) in [6.45, 7) is 6.47. The van der Waals surface area contributed by atoms with E-state index in [2.05, 4.69) is 22.0 Å². The fourth-order valence-corrected chi connectivity index (χ4v) is 2.12. The zero-order valence-electron chi connectivity index (χ0n) is 10.7. The van der Waals surface area contributed by atoms with Crippen molar-refractivity contribution in [3.63, 3.8) is 0 Å². The third kappa shape index (κ3) is 3.78. The largest absolute Gasteiger partial charge is 0.480 e. The van der Waals surface area contributed by atoms with Crippen LogP contribution in [-0.4, -0.2) is 58.6 Å². The van der Waals surface area contributed by atoms with Gasteiger partial charge >= 0.3 is 5.97 Å². The molecule has 1 aromatic heterocycles. The van der Waals surface area contributed by atoms with E-state index in [9.17, 15) is 4.79 Å². The molecular weight excluding hydrogens is 230 g/mol. The number of carbonyl (C=O) groups is 1. The highest BCUT2D eigenvalue weighted by atomic mass is 16.4. The molecule has 0 saturated carbocycles. The van der Waals surface area contributed by atoms with Crippen molar-refractivity contribution >= 4 is 5.97 Å². The first-order valence-electron chi connectivity index (χ1n) is 6.21. The molecule has 0 bridgehead atoms. The van der Waals surface area contributed by atoms with Gasteiger partial charge in [-0.15, -0.1) is 0 Å². The molecule has 0 spiro atoms. The van der Waals surface area contributed by atoms with E-state index in [1.54, 1.807) is 0 Å². The van der Waals surface area contributed by atoms with E-state index in [0.717, 1.165) is 38.4 Å². The number of nitrogens with zero attached hydrogens (tertiary/aromatic N) is 3. The summed E-state index contributed by atoms with van der Waals surface area (Å²) < 4.78 is 0. The average molecular weight is 249 g/mol. The maximum Gasteiger partial charge on any atom is 0.317 e. The Labute approximate surface area is 107 Å². The Balaban J connectivity index is 1.79. The van der Waals surface area contributed by atoms with Crippen LogP contribution in [0.15, 0.2) is 18.3 Å².